The molecule has 2 saturated heterocycles. The third-order valence-corrected chi connectivity index (χ3v) is 7.43. The Morgan fingerprint density at radius 1 is 0.923 bits per heavy atom. The zero-order valence-electron chi connectivity index (χ0n) is 20.6. The van der Waals surface area contributed by atoms with Gasteiger partial charge in [-0.2, -0.15) is 0 Å². The van der Waals surface area contributed by atoms with E-state index in [1.807, 2.05) is 30.3 Å². The summed E-state index contributed by atoms with van der Waals surface area (Å²) in [5, 5.41) is 11.4. The van der Waals surface area contributed by atoms with E-state index >= 15 is 0 Å². The Morgan fingerprint density at radius 2 is 1.64 bits per heavy atom. The van der Waals surface area contributed by atoms with Crippen molar-refractivity contribution in [2.24, 2.45) is 11.8 Å². The van der Waals surface area contributed by atoms with Crippen LogP contribution in [-0.2, 0) is 14.4 Å². The normalized spacial score (nSPS) is 22.8. The molecule has 3 heterocycles. The lowest BCUT2D eigenvalue weighted by Gasteiger charge is -2.35. The van der Waals surface area contributed by atoms with Gasteiger partial charge in [-0.3, -0.25) is 29.3 Å². The number of ketones is 1. The predicted molar refractivity (Wildman–Crippen MR) is 138 cm³/mol. The number of anilines is 1. The summed E-state index contributed by atoms with van der Waals surface area (Å²) < 4.78 is 5.06. The van der Waals surface area contributed by atoms with Gasteiger partial charge in [0.05, 0.1) is 28.5 Å². The molecule has 4 atom stereocenters. The Labute approximate surface area is 222 Å². The largest absolute Gasteiger partial charge is 0.427 e. The number of rotatable bonds is 5. The Hall–Kier alpha value is -5.12. The van der Waals surface area contributed by atoms with Gasteiger partial charge in [0.25, 0.3) is 5.69 Å². The minimum atomic E-state index is -1.05. The average Bonchev–Trinajstić information content (AvgIpc) is 3.41. The van der Waals surface area contributed by atoms with Gasteiger partial charge in [-0.25, -0.2) is 4.90 Å². The minimum absolute atomic E-state index is 0.0882. The second-order valence-corrected chi connectivity index (χ2v) is 9.60. The number of fused-ring (bicyclic) bond motifs is 5. The van der Waals surface area contributed by atoms with Crippen LogP contribution in [0.15, 0.2) is 79.0 Å². The van der Waals surface area contributed by atoms with Crippen LogP contribution in [0.5, 0.6) is 5.75 Å². The summed E-state index contributed by atoms with van der Waals surface area (Å²) in [7, 11) is 0. The molecule has 1 unspecified atom stereocenters. The van der Waals surface area contributed by atoms with Gasteiger partial charge in [-0.05, 0) is 41.5 Å². The van der Waals surface area contributed by atoms with E-state index in [2.05, 4.69) is 0 Å². The van der Waals surface area contributed by atoms with Crippen molar-refractivity contribution in [2.75, 3.05) is 4.90 Å². The van der Waals surface area contributed by atoms with Gasteiger partial charge >= 0.3 is 5.97 Å². The van der Waals surface area contributed by atoms with Gasteiger partial charge in [-0.1, -0.05) is 36.4 Å². The molecular formula is C29H21N3O7. The SMILES string of the molecule is CC(=O)Oc1ccc(N2C(=O)[C@@H]3[C@H](C2=O)C2c4ccccc4C=CN2[C@@H]3C(=O)c2cccc([N+](=O)[O-])c2)cc1. The Kier molecular flexibility index (Phi) is 5.60. The molecule has 0 N–H and O–H groups in total. The highest BCUT2D eigenvalue weighted by Crippen LogP contribution is 2.53. The number of nitrogens with zero attached hydrogens (tertiary/aromatic N) is 3. The zero-order valence-corrected chi connectivity index (χ0v) is 20.6. The zero-order chi connectivity index (χ0) is 27.4. The molecule has 3 aliphatic heterocycles. The van der Waals surface area contributed by atoms with Crippen LogP contribution in [-0.4, -0.2) is 39.4 Å². The fraction of sp³-hybridized carbons (Fsp3) is 0.172. The fourth-order valence-corrected chi connectivity index (χ4v) is 5.88. The maximum Gasteiger partial charge on any atom is 0.308 e. The van der Waals surface area contributed by atoms with Gasteiger partial charge in [0.15, 0.2) is 5.78 Å². The average molecular weight is 524 g/mol. The predicted octanol–water partition coefficient (Wildman–Crippen LogP) is 3.92. The standard InChI is InChI=1S/C29H21N3O7/c1-16(33)39-21-11-9-19(10-12-21)31-28(35)23-24(29(31)36)26(27(34)18-6-4-7-20(15-18)32(37)38)30-14-13-17-5-2-3-8-22(17)25(23)30/h2-15,23-26H,1H3/t23-,24+,25?,26-/m0/s1. The summed E-state index contributed by atoms with van der Waals surface area (Å²) in [6.07, 6.45) is 3.56. The molecule has 3 aliphatic rings. The molecular weight excluding hydrogens is 502 g/mol. The van der Waals surface area contributed by atoms with Crippen LogP contribution in [0.4, 0.5) is 11.4 Å². The molecule has 6 rings (SSSR count). The maximum absolute atomic E-state index is 13.9. The molecule has 3 aromatic carbocycles. The van der Waals surface area contributed by atoms with Gasteiger partial charge < -0.3 is 9.64 Å². The van der Waals surface area contributed by atoms with E-state index in [1.165, 1.54) is 55.5 Å². The van der Waals surface area contributed by atoms with E-state index in [4.69, 9.17) is 4.74 Å². The number of non-ortho nitro benzene ring substituents is 1. The summed E-state index contributed by atoms with van der Waals surface area (Å²) in [6, 6.07) is 17.3. The van der Waals surface area contributed by atoms with Crippen LogP contribution in [0, 0.1) is 22.0 Å². The topological polar surface area (TPSA) is 127 Å². The Balaban J connectivity index is 1.44. The van der Waals surface area contributed by atoms with Crippen LogP contribution in [0.1, 0.15) is 34.5 Å². The number of carbonyl (C=O) groups excluding carboxylic acids is 4. The van der Waals surface area contributed by atoms with E-state index < -0.39 is 52.4 Å². The maximum atomic E-state index is 13.9. The lowest BCUT2D eigenvalue weighted by atomic mass is 9.83. The van der Waals surface area contributed by atoms with Gasteiger partial charge in [0.1, 0.15) is 11.8 Å². The number of amides is 2. The fourth-order valence-electron chi connectivity index (χ4n) is 5.88. The van der Waals surface area contributed by atoms with Crippen molar-refractivity contribution in [3.63, 3.8) is 0 Å². The lowest BCUT2D eigenvalue weighted by molar-refractivity contribution is -0.384. The molecule has 10 heteroatoms. The van der Waals surface area contributed by atoms with Crippen molar-refractivity contribution in [3.8, 4) is 5.75 Å². The number of esters is 1. The highest BCUT2D eigenvalue weighted by Gasteiger charge is 2.64. The van der Waals surface area contributed by atoms with Crippen LogP contribution in [0.2, 0.25) is 0 Å². The van der Waals surface area contributed by atoms with Crippen LogP contribution < -0.4 is 9.64 Å². The summed E-state index contributed by atoms with van der Waals surface area (Å²) >= 11 is 0. The van der Waals surface area contributed by atoms with E-state index in [0.717, 1.165) is 16.0 Å². The van der Waals surface area contributed by atoms with Crippen LogP contribution in [0.3, 0.4) is 0 Å². The number of nitro groups is 1. The first-order valence-electron chi connectivity index (χ1n) is 12.3. The first-order valence-corrected chi connectivity index (χ1v) is 12.3. The van der Waals surface area contributed by atoms with Crippen molar-refractivity contribution >= 4 is 41.0 Å². The number of imide groups is 1. The molecule has 0 spiro atoms. The molecule has 39 heavy (non-hydrogen) atoms. The molecule has 3 aromatic rings. The summed E-state index contributed by atoms with van der Waals surface area (Å²) in [5.41, 5.74) is 1.84. The summed E-state index contributed by atoms with van der Waals surface area (Å²) in [6.45, 7) is 1.27. The van der Waals surface area contributed by atoms with Crippen molar-refractivity contribution in [1.29, 1.82) is 0 Å². The molecule has 0 saturated carbocycles. The van der Waals surface area contributed by atoms with Crippen molar-refractivity contribution in [1.82, 2.24) is 4.90 Å². The second kappa shape index (κ2) is 9.02. The highest BCUT2D eigenvalue weighted by molar-refractivity contribution is 6.24. The quantitative estimate of drug-likeness (QED) is 0.123. The molecule has 10 nitrogen and oxygen atoms in total. The Morgan fingerprint density at radius 3 is 2.36 bits per heavy atom. The van der Waals surface area contributed by atoms with Crippen molar-refractivity contribution < 1.29 is 28.8 Å². The van der Waals surface area contributed by atoms with Gasteiger partial charge in [-0.15, -0.1) is 0 Å². The van der Waals surface area contributed by atoms with E-state index in [0.29, 0.717) is 5.69 Å². The summed E-state index contributed by atoms with van der Waals surface area (Å²) in [4.78, 5) is 66.7. The molecule has 0 aromatic heterocycles. The molecule has 0 radical (unpaired) electrons. The Bertz CT molecular complexity index is 1600. The van der Waals surface area contributed by atoms with Crippen LogP contribution >= 0.6 is 0 Å². The molecule has 2 amide bonds. The smallest absolute Gasteiger partial charge is 0.308 e. The van der Waals surface area contributed by atoms with Crippen molar-refractivity contribution in [2.45, 2.75) is 19.0 Å². The number of Topliss-reactive ketones (excluding diaryl/α,β-unsaturated/α-hetero) is 1. The first kappa shape index (κ1) is 24.2. The number of benzene rings is 3. The number of hydrogen-bond acceptors (Lipinski definition) is 8. The monoisotopic (exact) mass is 523 g/mol. The van der Waals surface area contributed by atoms with Crippen molar-refractivity contribution in [3.05, 3.63) is 106 Å². The van der Waals surface area contributed by atoms with E-state index in [9.17, 15) is 29.3 Å². The summed E-state index contributed by atoms with van der Waals surface area (Å²) in [5.74, 6) is -3.57. The van der Waals surface area contributed by atoms with Gasteiger partial charge in [0.2, 0.25) is 11.8 Å². The van der Waals surface area contributed by atoms with Crippen LogP contribution in [0.25, 0.3) is 6.08 Å². The lowest BCUT2D eigenvalue weighted by Crippen LogP contribution is -2.44. The highest BCUT2D eigenvalue weighted by atomic mass is 16.6. The molecule has 194 valence electrons. The number of nitro benzene ring substituents is 1. The molecule has 0 aliphatic carbocycles. The first-order chi connectivity index (χ1) is 18.8. The molecule has 2 fully saturated rings. The number of hydrogen-bond donors (Lipinski definition) is 0. The molecule has 0 bridgehead atoms. The number of ether oxygens (including phenoxy) is 1. The van der Waals surface area contributed by atoms with Gasteiger partial charge in [0, 0.05) is 30.8 Å². The van der Waals surface area contributed by atoms with E-state index in [1.54, 1.807) is 11.1 Å². The van der Waals surface area contributed by atoms with E-state index in [-0.39, 0.29) is 17.0 Å². The minimum Gasteiger partial charge on any atom is -0.427 e. The third kappa shape index (κ3) is 3.80. The third-order valence-electron chi connectivity index (χ3n) is 7.43. The second-order valence-electron chi connectivity index (χ2n) is 9.60. The number of carbonyl (C=O) groups is 4.